The van der Waals surface area contributed by atoms with Gasteiger partial charge in [-0.1, -0.05) is 41.9 Å². The first-order valence-corrected chi connectivity index (χ1v) is 14.9. The summed E-state index contributed by atoms with van der Waals surface area (Å²) in [6.07, 6.45) is 6.98. The average Bonchev–Trinajstić information content (AvgIpc) is 3.64. The number of nitrogens with one attached hydrogen (secondary N) is 1. The number of pyridine rings is 1. The lowest BCUT2D eigenvalue weighted by Crippen LogP contribution is -2.51. The Hall–Kier alpha value is -3.07. The zero-order valence-corrected chi connectivity index (χ0v) is 23.1. The first-order valence-electron chi connectivity index (χ1n) is 14.5. The lowest BCUT2D eigenvalue weighted by atomic mass is 9.95. The second-order valence-electron chi connectivity index (χ2n) is 11.9. The summed E-state index contributed by atoms with van der Waals surface area (Å²) in [5, 5.41) is 6.58. The molecule has 206 valence electrons. The predicted molar refractivity (Wildman–Crippen MR) is 156 cm³/mol. The van der Waals surface area contributed by atoms with E-state index >= 15 is 4.39 Å². The molecule has 2 unspecified atom stereocenters. The van der Waals surface area contributed by atoms with Crippen LogP contribution in [0.4, 0.5) is 10.2 Å². The van der Waals surface area contributed by atoms with Gasteiger partial charge in [0, 0.05) is 41.1 Å². The number of aromatic nitrogens is 3. The average molecular weight is 559 g/mol. The maximum Gasteiger partial charge on any atom is 0.320 e. The van der Waals surface area contributed by atoms with Crippen LogP contribution in [0.1, 0.15) is 38.5 Å². The van der Waals surface area contributed by atoms with Crippen molar-refractivity contribution in [2.45, 2.75) is 56.1 Å². The first-order chi connectivity index (χ1) is 19.6. The minimum Gasteiger partial charge on any atom is -0.461 e. The van der Waals surface area contributed by atoms with E-state index in [2.05, 4.69) is 15.1 Å². The molecule has 4 fully saturated rings. The molecule has 4 aliphatic rings. The van der Waals surface area contributed by atoms with Crippen molar-refractivity contribution in [1.82, 2.24) is 25.2 Å². The number of hydrogen-bond acceptors (Lipinski definition) is 7. The van der Waals surface area contributed by atoms with Crippen molar-refractivity contribution >= 4 is 39.2 Å². The second kappa shape index (κ2) is 9.50. The molecular weight excluding hydrogens is 527 g/mol. The maximum atomic E-state index is 15.9. The number of hydrogen-bond donors (Lipinski definition) is 1. The third-order valence-corrected chi connectivity index (χ3v) is 9.82. The fourth-order valence-corrected chi connectivity index (χ4v) is 7.90. The summed E-state index contributed by atoms with van der Waals surface area (Å²) in [7, 11) is 0. The van der Waals surface area contributed by atoms with E-state index in [1.54, 1.807) is 6.07 Å². The number of benzene rings is 2. The zero-order chi connectivity index (χ0) is 26.8. The van der Waals surface area contributed by atoms with Gasteiger partial charge in [-0.05, 0) is 69.1 Å². The van der Waals surface area contributed by atoms with Crippen molar-refractivity contribution in [2.75, 3.05) is 37.7 Å². The number of ether oxygens (including phenoxy) is 1. The van der Waals surface area contributed by atoms with E-state index in [4.69, 9.17) is 31.3 Å². The molecule has 0 amide bonds. The molecule has 0 radical (unpaired) electrons. The van der Waals surface area contributed by atoms with E-state index in [1.807, 2.05) is 36.4 Å². The normalized spacial score (nSPS) is 23.8. The third-order valence-electron chi connectivity index (χ3n) is 9.51. The van der Waals surface area contributed by atoms with Gasteiger partial charge in [-0.15, -0.1) is 0 Å². The van der Waals surface area contributed by atoms with Crippen LogP contribution >= 0.6 is 11.6 Å². The second-order valence-corrected chi connectivity index (χ2v) is 12.3. The van der Waals surface area contributed by atoms with Gasteiger partial charge in [-0.3, -0.25) is 4.90 Å². The number of fused-ring (bicyclic) bond motifs is 5. The molecule has 40 heavy (non-hydrogen) atoms. The topological polar surface area (TPSA) is 66.4 Å². The molecule has 0 aliphatic carbocycles. The zero-order valence-electron chi connectivity index (χ0n) is 22.4. The maximum absolute atomic E-state index is 15.9. The van der Waals surface area contributed by atoms with Crippen LogP contribution in [0, 0.1) is 5.82 Å². The van der Waals surface area contributed by atoms with Crippen molar-refractivity contribution < 1.29 is 9.13 Å². The molecular formula is C31H32ClFN6O. The summed E-state index contributed by atoms with van der Waals surface area (Å²) < 4.78 is 22.4. The molecule has 9 heteroatoms. The van der Waals surface area contributed by atoms with Gasteiger partial charge < -0.3 is 15.0 Å². The summed E-state index contributed by atoms with van der Waals surface area (Å²) >= 11 is 6.60. The van der Waals surface area contributed by atoms with Crippen molar-refractivity contribution in [3.63, 3.8) is 0 Å². The SMILES string of the molecule is Fc1cc2c(N3CC4CCC(C3)N4)nc(OCC34CCCN3CCC4)nc2nc1-c1cccc2cccc(Cl)c12. The Kier molecular flexibility index (Phi) is 5.87. The van der Waals surface area contributed by atoms with E-state index < -0.39 is 5.82 Å². The molecule has 6 heterocycles. The Morgan fingerprint density at radius 1 is 1.00 bits per heavy atom. The van der Waals surface area contributed by atoms with Gasteiger partial charge in [-0.25, -0.2) is 9.37 Å². The van der Waals surface area contributed by atoms with Crippen molar-refractivity contribution in [3.05, 3.63) is 53.3 Å². The van der Waals surface area contributed by atoms with Crippen LogP contribution in [0.5, 0.6) is 6.01 Å². The van der Waals surface area contributed by atoms with E-state index in [0.29, 0.717) is 52.1 Å². The van der Waals surface area contributed by atoms with Crippen molar-refractivity contribution in [2.24, 2.45) is 0 Å². The Balaban J connectivity index is 1.25. The third kappa shape index (κ3) is 4.03. The largest absolute Gasteiger partial charge is 0.461 e. The quantitative estimate of drug-likeness (QED) is 0.343. The highest BCUT2D eigenvalue weighted by Gasteiger charge is 2.45. The van der Waals surface area contributed by atoms with Crippen LogP contribution < -0.4 is 15.0 Å². The lowest BCUT2D eigenvalue weighted by molar-refractivity contribution is 0.108. The van der Waals surface area contributed by atoms with E-state index in [1.165, 1.54) is 12.8 Å². The number of halogens is 2. The van der Waals surface area contributed by atoms with Crippen LogP contribution in [0.15, 0.2) is 42.5 Å². The molecule has 4 aliphatic heterocycles. The van der Waals surface area contributed by atoms with Crippen molar-refractivity contribution in [3.8, 4) is 17.3 Å². The van der Waals surface area contributed by atoms with E-state index in [9.17, 15) is 0 Å². The van der Waals surface area contributed by atoms with Gasteiger partial charge in [0.1, 0.15) is 23.9 Å². The fourth-order valence-electron chi connectivity index (χ4n) is 7.61. The highest BCUT2D eigenvalue weighted by molar-refractivity contribution is 6.36. The number of nitrogens with zero attached hydrogens (tertiary/aromatic N) is 5. The standard InChI is InChI=1S/C31H32ClFN6O/c32-24-8-2-6-19-5-1-7-22(26(19)24)27-25(33)15-23-28(35-27)36-30(40-18-31-11-3-13-39(31)14-4-12-31)37-29(23)38-16-20-9-10-21(17-38)34-20/h1-2,5-8,15,20-21,34H,3-4,9-14,16-18H2. The molecule has 0 saturated carbocycles. The molecule has 2 aromatic heterocycles. The van der Waals surface area contributed by atoms with Gasteiger partial charge in [0.2, 0.25) is 0 Å². The fraction of sp³-hybridized carbons (Fsp3) is 0.452. The molecule has 4 aromatic rings. The molecule has 0 spiro atoms. The minimum atomic E-state index is -0.414. The van der Waals surface area contributed by atoms with Crippen LogP contribution in [-0.2, 0) is 0 Å². The summed E-state index contributed by atoms with van der Waals surface area (Å²) in [5.41, 5.74) is 1.40. The Morgan fingerprint density at radius 2 is 1.75 bits per heavy atom. The van der Waals surface area contributed by atoms with E-state index in [-0.39, 0.29) is 11.2 Å². The van der Waals surface area contributed by atoms with Crippen molar-refractivity contribution in [1.29, 1.82) is 0 Å². The molecule has 2 atom stereocenters. The minimum absolute atomic E-state index is 0.0771. The lowest BCUT2D eigenvalue weighted by Gasteiger charge is -2.34. The molecule has 2 aromatic carbocycles. The molecule has 4 saturated heterocycles. The van der Waals surface area contributed by atoms with Crippen LogP contribution in [0.3, 0.4) is 0 Å². The first kappa shape index (κ1) is 24.7. The van der Waals surface area contributed by atoms with Gasteiger partial charge in [-0.2, -0.15) is 9.97 Å². The summed E-state index contributed by atoms with van der Waals surface area (Å²) in [5.74, 6) is 0.294. The highest BCUT2D eigenvalue weighted by Crippen LogP contribution is 2.40. The van der Waals surface area contributed by atoms with Crippen LogP contribution in [-0.4, -0.2) is 70.3 Å². The van der Waals surface area contributed by atoms with Crippen LogP contribution in [0.25, 0.3) is 33.1 Å². The van der Waals surface area contributed by atoms with Gasteiger partial charge in [0.25, 0.3) is 0 Å². The molecule has 2 bridgehead atoms. The van der Waals surface area contributed by atoms with Gasteiger partial charge in [0.05, 0.1) is 10.9 Å². The Morgan fingerprint density at radius 3 is 2.52 bits per heavy atom. The highest BCUT2D eigenvalue weighted by atomic mass is 35.5. The Bertz CT molecular complexity index is 1600. The molecule has 7 nitrogen and oxygen atoms in total. The number of rotatable bonds is 5. The van der Waals surface area contributed by atoms with Gasteiger partial charge >= 0.3 is 6.01 Å². The summed E-state index contributed by atoms with van der Waals surface area (Å²) in [6, 6.07) is 14.1. The molecule has 1 N–H and O–H groups in total. The number of anilines is 1. The van der Waals surface area contributed by atoms with E-state index in [0.717, 1.165) is 62.6 Å². The number of piperazine rings is 1. The van der Waals surface area contributed by atoms with Gasteiger partial charge in [0.15, 0.2) is 5.65 Å². The smallest absolute Gasteiger partial charge is 0.320 e. The monoisotopic (exact) mass is 558 g/mol. The summed E-state index contributed by atoms with van der Waals surface area (Å²) in [6.45, 7) is 4.48. The predicted octanol–water partition coefficient (Wildman–Crippen LogP) is 5.59. The molecule has 8 rings (SSSR count). The summed E-state index contributed by atoms with van der Waals surface area (Å²) in [4.78, 5) is 19.4. The Labute approximate surface area is 237 Å². The van der Waals surface area contributed by atoms with Crippen LogP contribution in [0.2, 0.25) is 5.02 Å².